The van der Waals surface area contributed by atoms with Crippen LogP contribution in [-0.4, -0.2) is 44.3 Å². The molecule has 2 aromatic rings. The van der Waals surface area contributed by atoms with Gasteiger partial charge in [0, 0.05) is 29.9 Å². The first kappa shape index (κ1) is 23.5. The smallest absolute Gasteiger partial charge is 0.434 e. The molecule has 3 rings (SSSR count). The normalized spacial score (nSPS) is 19.4. The Labute approximate surface area is 182 Å². The maximum atomic E-state index is 12.7. The van der Waals surface area contributed by atoms with Crippen molar-refractivity contribution < 1.29 is 27.5 Å². The Hall–Kier alpha value is -3.18. The molecule has 0 bridgehead atoms. The van der Waals surface area contributed by atoms with Crippen LogP contribution in [-0.2, 0) is 22.1 Å². The molecule has 32 heavy (non-hydrogen) atoms. The predicted molar refractivity (Wildman–Crippen MR) is 108 cm³/mol. The number of nitrogens with zero attached hydrogens (tertiary/aromatic N) is 3. The third-order valence-corrected chi connectivity index (χ3v) is 5.26. The zero-order valence-corrected chi connectivity index (χ0v) is 17.7. The molecule has 12 heteroatoms. The first-order valence-electron chi connectivity index (χ1n) is 10.3. The summed E-state index contributed by atoms with van der Waals surface area (Å²) >= 11 is 0. The van der Waals surface area contributed by atoms with Crippen molar-refractivity contribution in [2.45, 2.75) is 70.2 Å². The number of anilines is 1. The van der Waals surface area contributed by atoms with Gasteiger partial charge in [0.2, 0.25) is 5.91 Å². The molecule has 0 unspecified atom stereocenters. The molecule has 2 amide bonds. The second-order valence-corrected chi connectivity index (χ2v) is 7.82. The van der Waals surface area contributed by atoms with Gasteiger partial charge in [-0.2, -0.15) is 18.3 Å². The van der Waals surface area contributed by atoms with E-state index in [2.05, 4.69) is 30.8 Å². The maximum Gasteiger partial charge on any atom is 0.434 e. The summed E-state index contributed by atoms with van der Waals surface area (Å²) in [5.41, 5.74) is -0.465. The summed E-state index contributed by atoms with van der Waals surface area (Å²) in [7, 11) is 0. The quantitative estimate of drug-likeness (QED) is 0.588. The van der Waals surface area contributed by atoms with E-state index in [0.717, 1.165) is 24.7 Å². The number of aromatic nitrogens is 4. The fourth-order valence-electron chi connectivity index (χ4n) is 3.41. The van der Waals surface area contributed by atoms with E-state index in [0.29, 0.717) is 19.0 Å². The highest BCUT2D eigenvalue weighted by Crippen LogP contribution is 2.35. The Bertz CT molecular complexity index is 949. The molecule has 2 heterocycles. The van der Waals surface area contributed by atoms with E-state index in [1.807, 2.05) is 13.8 Å². The van der Waals surface area contributed by atoms with Gasteiger partial charge in [-0.05, 0) is 32.6 Å². The lowest BCUT2D eigenvalue weighted by molar-refractivity contribution is -0.141. The minimum Gasteiger partial charge on any atom is -0.446 e. The lowest BCUT2D eigenvalue weighted by Crippen LogP contribution is -2.34. The van der Waals surface area contributed by atoms with Gasteiger partial charge in [0.05, 0.1) is 18.3 Å². The van der Waals surface area contributed by atoms with Gasteiger partial charge in [-0.15, -0.1) is 0 Å². The van der Waals surface area contributed by atoms with Crippen molar-refractivity contribution in [1.82, 2.24) is 25.5 Å². The number of hydrogen-bond acceptors (Lipinski definition) is 6. The molecule has 174 valence electrons. The van der Waals surface area contributed by atoms with Crippen LogP contribution in [0.15, 0.2) is 18.5 Å². The number of rotatable bonds is 7. The average molecular weight is 454 g/mol. The fourth-order valence-corrected chi connectivity index (χ4v) is 3.41. The van der Waals surface area contributed by atoms with Gasteiger partial charge in [-0.3, -0.25) is 14.9 Å². The zero-order valence-electron chi connectivity index (χ0n) is 17.7. The minimum atomic E-state index is -4.63. The van der Waals surface area contributed by atoms with Crippen LogP contribution in [0, 0.1) is 0 Å². The van der Waals surface area contributed by atoms with E-state index in [1.165, 1.54) is 0 Å². The van der Waals surface area contributed by atoms with Gasteiger partial charge >= 0.3 is 12.3 Å². The number of halogens is 3. The summed E-state index contributed by atoms with van der Waals surface area (Å²) in [6.45, 7) is 3.87. The number of alkyl carbamates (subject to hydrolysis) is 1. The van der Waals surface area contributed by atoms with Crippen molar-refractivity contribution in [1.29, 1.82) is 0 Å². The van der Waals surface area contributed by atoms with Crippen LogP contribution in [0.2, 0.25) is 0 Å². The Morgan fingerprint density at radius 3 is 2.81 bits per heavy atom. The van der Waals surface area contributed by atoms with Crippen LogP contribution < -0.4 is 10.6 Å². The summed E-state index contributed by atoms with van der Waals surface area (Å²) in [5.74, 6) is -0.223. The van der Waals surface area contributed by atoms with Crippen molar-refractivity contribution in [2.24, 2.45) is 0 Å². The number of aromatic amines is 1. The molecule has 2 aromatic heterocycles. The first-order valence-corrected chi connectivity index (χ1v) is 10.3. The molecular formula is C20H25F3N6O3. The fraction of sp³-hybridized carbons (Fsp3) is 0.550. The Morgan fingerprint density at radius 2 is 2.09 bits per heavy atom. The molecule has 0 aliphatic heterocycles. The van der Waals surface area contributed by atoms with Crippen molar-refractivity contribution in [3.63, 3.8) is 0 Å². The highest BCUT2D eigenvalue weighted by molar-refractivity contribution is 5.91. The molecular weight excluding hydrogens is 429 g/mol. The molecule has 3 atom stereocenters. The minimum absolute atomic E-state index is 0.0420. The third kappa shape index (κ3) is 6.41. The number of alkyl halides is 3. The number of amides is 2. The standard InChI is InChI=1S/C20H25F3N6O3/c1-3-11(2)25-19(31)32-14-5-4-12(6-14)15-8-17(29-28-15)27-18(30)7-13-9-24-10-16(26-13)20(21,22)23/h8-12,14H,3-7H2,1-2H3,(H,25,31)(H2,27,28,29,30)/t11-,12-,14+/m0/s1. The molecule has 9 nitrogen and oxygen atoms in total. The lowest BCUT2D eigenvalue weighted by Gasteiger charge is -2.16. The Morgan fingerprint density at radius 1 is 1.31 bits per heavy atom. The molecule has 1 fully saturated rings. The van der Waals surface area contributed by atoms with Gasteiger partial charge in [0.15, 0.2) is 11.5 Å². The van der Waals surface area contributed by atoms with E-state index in [-0.39, 0.29) is 36.0 Å². The van der Waals surface area contributed by atoms with Crippen LogP contribution in [0.25, 0.3) is 0 Å². The molecule has 0 spiro atoms. The van der Waals surface area contributed by atoms with Crippen LogP contribution >= 0.6 is 0 Å². The van der Waals surface area contributed by atoms with E-state index < -0.39 is 23.9 Å². The van der Waals surface area contributed by atoms with Crippen LogP contribution in [0.4, 0.5) is 23.8 Å². The van der Waals surface area contributed by atoms with Crippen LogP contribution in [0.1, 0.15) is 62.5 Å². The highest BCUT2D eigenvalue weighted by Gasteiger charge is 2.33. The van der Waals surface area contributed by atoms with Crippen molar-refractivity contribution in [3.05, 3.63) is 35.5 Å². The second kappa shape index (κ2) is 9.96. The number of carbonyl (C=O) groups is 2. The van der Waals surface area contributed by atoms with Crippen LogP contribution in [0.5, 0.6) is 0 Å². The van der Waals surface area contributed by atoms with Gasteiger partial charge in [0.1, 0.15) is 6.10 Å². The lowest BCUT2D eigenvalue weighted by atomic mass is 10.0. The average Bonchev–Trinajstić information content (AvgIpc) is 3.36. The van der Waals surface area contributed by atoms with Gasteiger partial charge in [0.25, 0.3) is 0 Å². The summed E-state index contributed by atoms with van der Waals surface area (Å²) in [4.78, 5) is 31.0. The second-order valence-electron chi connectivity index (χ2n) is 7.82. The van der Waals surface area contributed by atoms with Crippen molar-refractivity contribution >= 4 is 17.8 Å². The number of carbonyl (C=O) groups excluding carboxylic acids is 2. The van der Waals surface area contributed by atoms with E-state index in [4.69, 9.17) is 4.74 Å². The van der Waals surface area contributed by atoms with Crippen LogP contribution in [0.3, 0.4) is 0 Å². The number of hydrogen-bond donors (Lipinski definition) is 3. The topological polar surface area (TPSA) is 122 Å². The third-order valence-electron chi connectivity index (χ3n) is 5.26. The summed E-state index contributed by atoms with van der Waals surface area (Å²) in [6.07, 6.45) is -0.976. The molecule has 1 aliphatic carbocycles. The van der Waals surface area contributed by atoms with E-state index in [9.17, 15) is 22.8 Å². The monoisotopic (exact) mass is 454 g/mol. The molecule has 3 N–H and O–H groups in total. The Kier molecular flexibility index (Phi) is 7.31. The zero-order chi connectivity index (χ0) is 23.3. The van der Waals surface area contributed by atoms with E-state index in [1.54, 1.807) is 6.07 Å². The molecule has 0 saturated heterocycles. The highest BCUT2D eigenvalue weighted by atomic mass is 19.4. The first-order chi connectivity index (χ1) is 15.1. The SMILES string of the molecule is CC[C@H](C)NC(=O)O[C@@H]1CC[C@H](c2cc(NC(=O)Cc3cncc(C(F)(F)F)n3)n[nH]2)C1. The molecule has 1 saturated carbocycles. The van der Waals surface area contributed by atoms with Gasteiger partial charge < -0.3 is 15.4 Å². The van der Waals surface area contributed by atoms with Gasteiger partial charge in [-0.1, -0.05) is 6.92 Å². The Balaban J connectivity index is 1.51. The largest absolute Gasteiger partial charge is 0.446 e. The number of nitrogens with one attached hydrogen (secondary N) is 3. The van der Waals surface area contributed by atoms with Crippen molar-refractivity contribution in [3.8, 4) is 0 Å². The molecule has 0 aromatic carbocycles. The summed E-state index contributed by atoms with van der Waals surface area (Å²) < 4.78 is 43.6. The molecule has 0 radical (unpaired) electrons. The van der Waals surface area contributed by atoms with E-state index >= 15 is 0 Å². The number of ether oxygens (including phenoxy) is 1. The summed E-state index contributed by atoms with van der Waals surface area (Å²) in [5, 5.41) is 12.2. The summed E-state index contributed by atoms with van der Waals surface area (Å²) in [6, 6.07) is 1.71. The predicted octanol–water partition coefficient (Wildman–Crippen LogP) is 3.56. The maximum absolute atomic E-state index is 12.7. The van der Waals surface area contributed by atoms with Gasteiger partial charge in [-0.25, -0.2) is 9.78 Å². The van der Waals surface area contributed by atoms with Crippen molar-refractivity contribution in [2.75, 3.05) is 5.32 Å². The molecule has 1 aliphatic rings. The number of H-pyrrole nitrogens is 1.